The second-order valence-electron chi connectivity index (χ2n) is 5.59. The Bertz CT molecular complexity index is 903. The third kappa shape index (κ3) is 3.12. The lowest BCUT2D eigenvalue weighted by Gasteiger charge is -2.17. The van der Waals surface area contributed by atoms with Crippen molar-refractivity contribution in [1.29, 1.82) is 0 Å². The van der Waals surface area contributed by atoms with Crippen molar-refractivity contribution in [3.63, 3.8) is 0 Å². The molecule has 0 aliphatic carbocycles. The molecule has 5 heteroatoms. The third-order valence-electron chi connectivity index (χ3n) is 3.99. The van der Waals surface area contributed by atoms with Crippen LogP contribution in [0.1, 0.15) is 22.9 Å². The molecule has 1 N–H and O–H groups in total. The quantitative estimate of drug-likeness (QED) is 0.533. The molecule has 1 aromatic heterocycles. The zero-order valence-electron chi connectivity index (χ0n) is 12.7. The lowest BCUT2D eigenvalue weighted by Crippen LogP contribution is -2.06. The number of H-pyrrole nitrogens is 1. The molecule has 0 spiro atoms. The fraction of sp³-hybridized carbons (Fsp3) is 0.105. The summed E-state index contributed by atoms with van der Waals surface area (Å²) in [5.74, 6) is 0. The number of halogens is 2. The number of rotatable bonds is 2. The molecule has 1 unspecified atom stereocenters. The van der Waals surface area contributed by atoms with Gasteiger partial charge in [-0.1, -0.05) is 41.4 Å². The molecule has 2 heterocycles. The molecule has 24 heavy (non-hydrogen) atoms. The van der Waals surface area contributed by atoms with Crippen molar-refractivity contribution in [3.8, 4) is 0 Å². The van der Waals surface area contributed by atoms with Gasteiger partial charge >= 0.3 is 0 Å². The van der Waals surface area contributed by atoms with E-state index < -0.39 is 0 Å². The van der Waals surface area contributed by atoms with Crippen LogP contribution < -0.4 is 0 Å². The van der Waals surface area contributed by atoms with Gasteiger partial charge in [-0.05, 0) is 42.0 Å². The summed E-state index contributed by atoms with van der Waals surface area (Å²) in [6, 6.07) is 18.0. The summed E-state index contributed by atoms with van der Waals surface area (Å²) in [5, 5.41) is 1.53. The second kappa shape index (κ2) is 6.67. The van der Waals surface area contributed by atoms with Gasteiger partial charge in [-0.2, -0.15) is 0 Å². The maximum absolute atomic E-state index is 6.47. The van der Waals surface area contributed by atoms with Crippen molar-refractivity contribution >= 4 is 46.4 Å². The van der Waals surface area contributed by atoms with E-state index >= 15 is 0 Å². The lowest BCUT2D eigenvalue weighted by molar-refractivity contribution is 1.00. The number of aromatic amines is 1. The van der Waals surface area contributed by atoms with Crippen molar-refractivity contribution in [2.75, 3.05) is 0 Å². The molecule has 0 saturated carbocycles. The normalized spacial score (nSPS) is 17.1. The van der Waals surface area contributed by atoms with Gasteiger partial charge in [-0.25, -0.2) is 0 Å². The van der Waals surface area contributed by atoms with E-state index in [0.717, 1.165) is 34.0 Å². The van der Waals surface area contributed by atoms with Crippen LogP contribution in [-0.4, -0.2) is 10.7 Å². The van der Waals surface area contributed by atoms with E-state index in [4.69, 9.17) is 28.2 Å². The SMILES string of the molecule is Clc1ccc(C2CC(c3ccc[nH]3)=Nc3ccccc3S2)c(Cl)c1. The number of nitrogens with zero attached hydrogens (tertiary/aromatic N) is 1. The van der Waals surface area contributed by atoms with Crippen molar-refractivity contribution in [1.82, 2.24) is 4.98 Å². The van der Waals surface area contributed by atoms with E-state index in [9.17, 15) is 0 Å². The summed E-state index contributed by atoms with van der Waals surface area (Å²) < 4.78 is 0. The molecule has 3 aromatic rings. The first-order valence-electron chi connectivity index (χ1n) is 7.62. The van der Waals surface area contributed by atoms with Crippen LogP contribution in [0.4, 0.5) is 5.69 Å². The standard InChI is InChI=1S/C19H14Cl2N2S/c20-12-7-8-13(14(21)10-12)19-11-17(15-5-3-9-22-15)23-16-4-1-2-6-18(16)24-19/h1-10,19,22H,11H2. The molecule has 120 valence electrons. The maximum Gasteiger partial charge on any atom is 0.0769 e. The van der Waals surface area contributed by atoms with E-state index in [1.807, 2.05) is 36.5 Å². The highest BCUT2D eigenvalue weighted by atomic mass is 35.5. The topological polar surface area (TPSA) is 28.1 Å². The van der Waals surface area contributed by atoms with Crippen LogP contribution in [0.25, 0.3) is 0 Å². The summed E-state index contributed by atoms with van der Waals surface area (Å²) in [4.78, 5) is 9.33. The average molecular weight is 373 g/mol. The van der Waals surface area contributed by atoms with Gasteiger partial charge < -0.3 is 4.98 Å². The van der Waals surface area contributed by atoms with Gasteiger partial charge in [-0.15, -0.1) is 11.8 Å². The monoisotopic (exact) mass is 372 g/mol. The fourth-order valence-electron chi connectivity index (χ4n) is 2.83. The first-order chi connectivity index (χ1) is 11.7. The second-order valence-corrected chi connectivity index (χ2v) is 7.67. The molecule has 1 atom stereocenters. The predicted octanol–water partition coefficient (Wildman–Crippen LogP) is 6.68. The molecular weight excluding hydrogens is 359 g/mol. The van der Waals surface area contributed by atoms with E-state index in [2.05, 4.69) is 23.2 Å². The van der Waals surface area contributed by atoms with E-state index in [-0.39, 0.29) is 5.25 Å². The Morgan fingerprint density at radius 2 is 1.92 bits per heavy atom. The zero-order chi connectivity index (χ0) is 16.5. The summed E-state index contributed by atoms with van der Waals surface area (Å²) >= 11 is 14.3. The van der Waals surface area contributed by atoms with Crippen LogP contribution in [0.2, 0.25) is 10.0 Å². The third-order valence-corrected chi connectivity index (χ3v) is 5.85. The minimum atomic E-state index is 0.181. The molecule has 2 aromatic carbocycles. The number of thioether (sulfide) groups is 1. The van der Waals surface area contributed by atoms with Crippen LogP contribution >= 0.6 is 35.0 Å². The van der Waals surface area contributed by atoms with Crippen LogP contribution in [0.5, 0.6) is 0 Å². The first-order valence-corrected chi connectivity index (χ1v) is 9.26. The van der Waals surface area contributed by atoms with E-state index in [1.54, 1.807) is 17.8 Å². The highest BCUT2D eigenvalue weighted by Gasteiger charge is 2.24. The van der Waals surface area contributed by atoms with Gasteiger partial charge in [0.05, 0.1) is 17.1 Å². The molecule has 0 fully saturated rings. The predicted molar refractivity (Wildman–Crippen MR) is 103 cm³/mol. The highest BCUT2D eigenvalue weighted by Crippen LogP contribution is 2.47. The van der Waals surface area contributed by atoms with Gasteiger partial charge in [-0.3, -0.25) is 4.99 Å². The molecule has 2 nitrogen and oxygen atoms in total. The molecule has 0 radical (unpaired) electrons. The fourth-order valence-corrected chi connectivity index (χ4v) is 4.70. The minimum absolute atomic E-state index is 0.181. The first kappa shape index (κ1) is 15.8. The van der Waals surface area contributed by atoms with Gasteiger partial charge in [0.25, 0.3) is 0 Å². The number of hydrogen-bond donors (Lipinski definition) is 1. The van der Waals surface area contributed by atoms with Crippen LogP contribution in [0.3, 0.4) is 0 Å². The molecule has 0 bridgehead atoms. The zero-order valence-corrected chi connectivity index (χ0v) is 15.0. The van der Waals surface area contributed by atoms with Crippen molar-refractivity contribution in [3.05, 3.63) is 82.1 Å². The Morgan fingerprint density at radius 3 is 2.71 bits per heavy atom. The van der Waals surface area contributed by atoms with Gasteiger partial charge in [0.2, 0.25) is 0 Å². The summed E-state index contributed by atoms with van der Waals surface area (Å²) in [5.41, 5.74) is 4.16. The molecule has 0 amide bonds. The highest BCUT2D eigenvalue weighted by molar-refractivity contribution is 7.99. The van der Waals surface area contributed by atoms with Crippen LogP contribution in [0.15, 0.2) is 70.7 Å². The smallest absolute Gasteiger partial charge is 0.0769 e. The average Bonchev–Trinajstić information content (AvgIpc) is 3.03. The summed E-state index contributed by atoms with van der Waals surface area (Å²) in [7, 11) is 0. The molecule has 1 aliphatic heterocycles. The van der Waals surface area contributed by atoms with E-state index in [0.29, 0.717) is 10.0 Å². The summed E-state index contributed by atoms with van der Waals surface area (Å²) in [6.45, 7) is 0. The molecular formula is C19H14Cl2N2S. The Labute approximate surface area is 154 Å². The number of hydrogen-bond acceptors (Lipinski definition) is 2. The number of aromatic nitrogens is 1. The maximum atomic E-state index is 6.47. The van der Waals surface area contributed by atoms with Crippen molar-refractivity contribution in [2.24, 2.45) is 4.99 Å². The van der Waals surface area contributed by atoms with E-state index in [1.165, 1.54) is 0 Å². The number of fused-ring (bicyclic) bond motifs is 1. The van der Waals surface area contributed by atoms with Crippen LogP contribution in [0, 0.1) is 0 Å². The Kier molecular flexibility index (Phi) is 4.40. The molecule has 0 saturated heterocycles. The summed E-state index contributed by atoms with van der Waals surface area (Å²) in [6.07, 6.45) is 2.72. The Hall–Kier alpha value is -1.68. The lowest BCUT2D eigenvalue weighted by atomic mass is 10.0. The molecule has 4 rings (SSSR count). The minimum Gasteiger partial charge on any atom is -0.360 e. The number of aliphatic imine (C=N–C) groups is 1. The largest absolute Gasteiger partial charge is 0.360 e. The Morgan fingerprint density at radius 1 is 1.04 bits per heavy atom. The van der Waals surface area contributed by atoms with Gasteiger partial charge in [0, 0.05) is 32.8 Å². The number of nitrogens with one attached hydrogen (secondary N) is 1. The number of benzene rings is 2. The molecule has 1 aliphatic rings. The van der Waals surface area contributed by atoms with Gasteiger partial charge in [0.1, 0.15) is 0 Å². The van der Waals surface area contributed by atoms with Crippen molar-refractivity contribution < 1.29 is 0 Å². The van der Waals surface area contributed by atoms with Gasteiger partial charge in [0.15, 0.2) is 0 Å². The van der Waals surface area contributed by atoms with Crippen molar-refractivity contribution in [2.45, 2.75) is 16.6 Å². The van der Waals surface area contributed by atoms with Crippen LogP contribution in [-0.2, 0) is 0 Å². The Balaban J connectivity index is 1.81. The number of para-hydroxylation sites is 1.